The Balaban J connectivity index is 1.73. The van der Waals surface area contributed by atoms with Crippen LogP contribution in [0.4, 0.5) is 5.69 Å². The van der Waals surface area contributed by atoms with Gasteiger partial charge in [0.1, 0.15) is 5.76 Å². The molecule has 2 aliphatic heterocycles. The standard InChI is InChI=1S/C19H19N3O6S/c1-27-19(24)15-9-8-13(28-15)12-22-14-6-2-3-7-16(14)29(25,26)17(20-22)18(23)21-10-4-5-11-21/h2-3,6-9H,4-5,10-12H2,1H3. The van der Waals surface area contributed by atoms with Gasteiger partial charge in [-0.25, -0.2) is 13.2 Å². The van der Waals surface area contributed by atoms with Crippen LogP contribution in [0.1, 0.15) is 29.2 Å². The van der Waals surface area contributed by atoms with E-state index >= 15 is 0 Å². The second kappa shape index (κ2) is 7.36. The third-order valence-electron chi connectivity index (χ3n) is 4.83. The van der Waals surface area contributed by atoms with E-state index in [9.17, 15) is 18.0 Å². The van der Waals surface area contributed by atoms with Gasteiger partial charge in [0.2, 0.25) is 20.6 Å². The summed E-state index contributed by atoms with van der Waals surface area (Å²) in [6, 6.07) is 9.39. The number of amides is 1. The maximum absolute atomic E-state index is 13.0. The Kier molecular flexibility index (Phi) is 4.87. The van der Waals surface area contributed by atoms with Crippen LogP contribution in [-0.4, -0.2) is 50.4 Å². The van der Waals surface area contributed by atoms with Gasteiger partial charge in [0, 0.05) is 13.1 Å². The predicted molar refractivity (Wildman–Crippen MR) is 103 cm³/mol. The molecule has 2 aliphatic rings. The van der Waals surface area contributed by atoms with E-state index in [0.29, 0.717) is 24.5 Å². The molecule has 1 aromatic carbocycles. The molecule has 152 valence electrons. The summed E-state index contributed by atoms with van der Waals surface area (Å²) >= 11 is 0. The van der Waals surface area contributed by atoms with Crippen molar-refractivity contribution in [1.29, 1.82) is 0 Å². The number of rotatable bonds is 4. The number of methoxy groups -OCH3 is 1. The topological polar surface area (TPSA) is 109 Å². The van der Waals surface area contributed by atoms with Gasteiger partial charge >= 0.3 is 5.97 Å². The summed E-state index contributed by atoms with van der Waals surface area (Å²) in [7, 11) is -2.80. The Morgan fingerprint density at radius 3 is 2.59 bits per heavy atom. The second-order valence-electron chi connectivity index (χ2n) is 6.69. The second-order valence-corrected chi connectivity index (χ2v) is 8.52. The Bertz CT molecular complexity index is 1100. The highest BCUT2D eigenvalue weighted by atomic mass is 32.2. The van der Waals surface area contributed by atoms with E-state index in [0.717, 1.165) is 12.8 Å². The monoisotopic (exact) mass is 417 g/mol. The fraction of sp³-hybridized carbons (Fsp3) is 0.316. The van der Waals surface area contributed by atoms with Gasteiger partial charge in [-0.05, 0) is 37.1 Å². The number of anilines is 1. The van der Waals surface area contributed by atoms with Crippen molar-refractivity contribution in [2.75, 3.05) is 25.2 Å². The number of carbonyl (C=O) groups is 2. The van der Waals surface area contributed by atoms with E-state index in [2.05, 4.69) is 9.84 Å². The van der Waals surface area contributed by atoms with E-state index in [4.69, 9.17) is 4.42 Å². The number of carbonyl (C=O) groups excluding carboxylic acids is 2. The van der Waals surface area contributed by atoms with Gasteiger partial charge in [0.15, 0.2) is 0 Å². The number of esters is 1. The first-order valence-corrected chi connectivity index (χ1v) is 10.6. The van der Waals surface area contributed by atoms with Crippen molar-refractivity contribution in [3.8, 4) is 0 Å². The van der Waals surface area contributed by atoms with Crippen molar-refractivity contribution in [2.45, 2.75) is 24.3 Å². The first kappa shape index (κ1) is 19.2. The molecule has 0 atom stereocenters. The van der Waals surface area contributed by atoms with E-state index in [1.54, 1.807) is 24.3 Å². The van der Waals surface area contributed by atoms with Crippen LogP contribution in [0, 0.1) is 0 Å². The Morgan fingerprint density at radius 1 is 1.14 bits per heavy atom. The van der Waals surface area contributed by atoms with Crippen LogP contribution in [0.3, 0.4) is 0 Å². The van der Waals surface area contributed by atoms with E-state index in [1.807, 2.05) is 0 Å². The molecule has 1 amide bonds. The summed E-state index contributed by atoms with van der Waals surface area (Å²) in [5, 5.41) is 5.08. The fourth-order valence-corrected chi connectivity index (χ4v) is 4.85. The summed E-state index contributed by atoms with van der Waals surface area (Å²) < 4.78 is 36.2. The maximum atomic E-state index is 13.0. The third-order valence-corrected chi connectivity index (χ3v) is 6.52. The van der Waals surface area contributed by atoms with Crippen LogP contribution in [0.15, 0.2) is 50.8 Å². The molecule has 0 bridgehead atoms. The average molecular weight is 417 g/mol. The molecule has 3 heterocycles. The van der Waals surface area contributed by atoms with Gasteiger partial charge in [0.05, 0.1) is 24.2 Å². The Hall–Kier alpha value is -3.14. The minimum atomic E-state index is -4.04. The minimum absolute atomic E-state index is 0.0114. The van der Waals surface area contributed by atoms with Crippen molar-refractivity contribution < 1.29 is 27.2 Å². The van der Waals surface area contributed by atoms with E-state index in [1.165, 1.54) is 29.2 Å². The predicted octanol–water partition coefficient (Wildman–Crippen LogP) is 1.80. The summed E-state index contributed by atoms with van der Waals surface area (Å²) in [6.07, 6.45) is 1.67. The van der Waals surface area contributed by atoms with Crippen LogP contribution in [0.5, 0.6) is 0 Å². The van der Waals surface area contributed by atoms with Gasteiger partial charge in [-0.15, -0.1) is 0 Å². The van der Waals surface area contributed by atoms with Gasteiger partial charge in [-0.3, -0.25) is 9.80 Å². The third kappa shape index (κ3) is 3.39. The highest BCUT2D eigenvalue weighted by Crippen LogP contribution is 2.33. The molecule has 4 rings (SSSR count). The van der Waals surface area contributed by atoms with Crippen LogP contribution >= 0.6 is 0 Å². The number of para-hydroxylation sites is 1. The lowest BCUT2D eigenvalue weighted by atomic mass is 10.3. The van der Waals surface area contributed by atoms with Gasteiger partial charge in [-0.2, -0.15) is 5.10 Å². The molecule has 29 heavy (non-hydrogen) atoms. The first-order chi connectivity index (χ1) is 13.9. The zero-order chi connectivity index (χ0) is 20.6. The number of furan rings is 1. The van der Waals surface area contributed by atoms with Crippen molar-refractivity contribution in [3.63, 3.8) is 0 Å². The SMILES string of the molecule is COC(=O)c1ccc(CN2N=C(C(=O)N3CCCC3)S(=O)(=O)c3ccccc32)o1. The van der Waals surface area contributed by atoms with Gasteiger partial charge < -0.3 is 14.1 Å². The molecular formula is C19H19N3O6S. The highest BCUT2D eigenvalue weighted by molar-refractivity contribution is 8.08. The zero-order valence-electron chi connectivity index (χ0n) is 15.7. The molecule has 0 unspecified atom stereocenters. The molecule has 2 aromatic rings. The summed E-state index contributed by atoms with van der Waals surface area (Å²) in [6.45, 7) is 1.06. The molecule has 0 spiro atoms. The number of hydrazone groups is 1. The van der Waals surface area contributed by atoms with E-state index in [-0.39, 0.29) is 17.2 Å². The summed E-state index contributed by atoms with van der Waals surface area (Å²) in [4.78, 5) is 26.0. The van der Waals surface area contributed by atoms with Gasteiger partial charge in [0.25, 0.3) is 5.91 Å². The van der Waals surface area contributed by atoms with Crippen LogP contribution in [-0.2, 0) is 25.9 Å². The number of fused-ring (bicyclic) bond motifs is 1. The van der Waals surface area contributed by atoms with Crippen molar-refractivity contribution in [1.82, 2.24) is 4.90 Å². The lowest BCUT2D eigenvalue weighted by molar-refractivity contribution is -0.122. The maximum Gasteiger partial charge on any atom is 0.373 e. The molecular weight excluding hydrogens is 398 g/mol. The van der Waals surface area contributed by atoms with Crippen molar-refractivity contribution in [2.24, 2.45) is 5.10 Å². The molecule has 9 nitrogen and oxygen atoms in total. The number of sulfone groups is 1. The largest absolute Gasteiger partial charge is 0.463 e. The molecule has 0 aliphatic carbocycles. The van der Waals surface area contributed by atoms with Crippen LogP contribution in [0.25, 0.3) is 0 Å². The van der Waals surface area contributed by atoms with Crippen molar-refractivity contribution in [3.05, 3.63) is 47.9 Å². The number of nitrogens with zero attached hydrogens (tertiary/aromatic N) is 3. The minimum Gasteiger partial charge on any atom is -0.463 e. The zero-order valence-corrected chi connectivity index (χ0v) is 16.5. The Labute approximate surface area is 167 Å². The van der Waals surface area contributed by atoms with Crippen LogP contribution in [0.2, 0.25) is 0 Å². The van der Waals surface area contributed by atoms with E-state index < -0.39 is 26.8 Å². The Morgan fingerprint density at radius 2 is 1.86 bits per heavy atom. The molecule has 0 radical (unpaired) electrons. The quantitative estimate of drug-likeness (QED) is 0.698. The first-order valence-electron chi connectivity index (χ1n) is 9.08. The number of ether oxygens (including phenoxy) is 1. The smallest absolute Gasteiger partial charge is 0.373 e. The van der Waals surface area contributed by atoms with Gasteiger partial charge in [-0.1, -0.05) is 12.1 Å². The molecule has 0 N–H and O–H groups in total. The molecule has 1 saturated heterocycles. The van der Waals surface area contributed by atoms with Crippen LogP contribution < -0.4 is 5.01 Å². The number of hydrogen-bond donors (Lipinski definition) is 0. The molecule has 0 saturated carbocycles. The van der Waals surface area contributed by atoms with Crippen molar-refractivity contribution >= 4 is 32.4 Å². The highest BCUT2D eigenvalue weighted by Gasteiger charge is 2.40. The summed E-state index contributed by atoms with van der Waals surface area (Å²) in [5.74, 6) is -0.822. The lowest BCUT2D eigenvalue weighted by Crippen LogP contribution is -2.42. The molecule has 10 heteroatoms. The number of hydrogen-bond acceptors (Lipinski definition) is 8. The number of likely N-dealkylation sites (tertiary alicyclic amines) is 1. The lowest BCUT2D eigenvalue weighted by Gasteiger charge is -2.27. The normalized spacial score (nSPS) is 17.6. The molecule has 1 aromatic heterocycles. The summed E-state index contributed by atoms with van der Waals surface area (Å²) in [5.41, 5.74) is 0.335. The average Bonchev–Trinajstić information content (AvgIpc) is 3.41. The fourth-order valence-electron chi connectivity index (χ4n) is 3.37. The number of benzene rings is 1. The molecule has 1 fully saturated rings.